The zero-order valence-electron chi connectivity index (χ0n) is 14.0. The first kappa shape index (κ1) is 17.3. The lowest BCUT2D eigenvalue weighted by molar-refractivity contribution is -0.117. The van der Waals surface area contributed by atoms with Gasteiger partial charge in [-0.1, -0.05) is 12.1 Å². The Hall–Kier alpha value is -1.50. The van der Waals surface area contributed by atoms with Crippen molar-refractivity contribution in [2.75, 3.05) is 38.1 Å². The van der Waals surface area contributed by atoms with E-state index in [2.05, 4.69) is 15.1 Å². The van der Waals surface area contributed by atoms with Crippen LogP contribution in [0.25, 0.3) is 0 Å². The van der Waals surface area contributed by atoms with Crippen LogP contribution in [-0.4, -0.2) is 65.7 Å². The number of benzene rings is 1. The minimum absolute atomic E-state index is 0.174. The Labute approximate surface area is 142 Å². The molecule has 2 atom stereocenters. The molecule has 2 unspecified atom stereocenters. The molecule has 0 aliphatic carbocycles. The SMILES string of the molecule is O=C(CN1CCCC1CN1CCCC1CO)Nc1ccccc1F. The van der Waals surface area contributed by atoms with Crippen LogP contribution >= 0.6 is 0 Å². The molecule has 6 heteroatoms. The van der Waals surface area contributed by atoms with Crippen molar-refractivity contribution in [2.24, 2.45) is 0 Å². The van der Waals surface area contributed by atoms with E-state index >= 15 is 0 Å². The number of nitrogens with zero attached hydrogens (tertiary/aromatic N) is 2. The van der Waals surface area contributed by atoms with Gasteiger partial charge in [0.05, 0.1) is 18.8 Å². The van der Waals surface area contributed by atoms with Gasteiger partial charge in [-0.05, 0) is 50.9 Å². The van der Waals surface area contributed by atoms with E-state index in [4.69, 9.17) is 0 Å². The molecule has 0 aromatic heterocycles. The summed E-state index contributed by atoms with van der Waals surface area (Å²) in [6.07, 6.45) is 4.33. The summed E-state index contributed by atoms with van der Waals surface area (Å²) in [5, 5.41) is 12.1. The molecule has 132 valence electrons. The third-order valence-corrected chi connectivity index (χ3v) is 5.15. The summed E-state index contributed by atoms with van der Waals surface area (Å²) in [6, 6.07) is 6.83. The molecule has 2 N–H and O–H groups in total. The maximum atomic E-state index is 13.6. The molecular weight excluding hydrogens is 309 g/mol. The van der Waals surface area contributed by atoms with Crippen LogP contribution in [-0.2, 0) is 4.79 Å². The minimum Gasteiger partial charge on any atom is -0.395 e. The van der Waals surface area contributed by atoms with Crippen LogP contribution in [0.1, 0.15) is 25.7 Å². The third kappa shape index (κ3) is 4.12. The molecule has 2 fully saturated rings. The summed E-state index contributed by atoms with van der Waals surface area (Å²) in [7, 11) is 0. The fourth-order valence-electron chi connectivity index (χ4n) is 3.86. The number of aliphatic hydroxyl groups is 1. The summed E-state index contributed by atoms with van der Waals surface area (Å²) in [5.74, 6) is -0.584. The number of carbonyl (C=O) groups excluding carboxylic acids is 1. The first-order chi connectivity index (χ1) is 11.7. The van der Waals surface area contributed by atoms with Crippen molar-refractivity contribution in [2.45, 2.75) is 37.8 Å². The molecule has 0 saturated carbocycles. The van der Waals surface area contributed by atoms with Crippen molar-refractivity contribution < 1.29 is 14.3 Å². The number of hydrogen-bond acceptors (Lipinski definition) is 4. The second kappa shape index (κ2) is 8.05. The summed E-state index contributed by atoms with van der Waals surface area (Å²) >= 11 is 0. The second-order valence-electron chi connectivity index (χ2n) is 6.77. The maximum absolute atomic E-state index is 13.6. The highest BCUT2D eigenvalue weighted by atomic mass is 19.1. The van der Waals surface area contributed by atoms with Crippen molar-refractivity contribution in [3.63, 3.8) is 0 Å². The van der Waals surface area contributed by atoms with E-state index in [1.165, 1.54) is 6.07 Å². The van der Waals surface area contributed by atoms with Crippen LogP contribution in [0.5, 0.6) is 0 Å². The predicted octanol–water partition coefficient (Wildman–Crippen LogP) is 1.69. The van der Waals surface area contributed by atoms with E-state index in [1.54, 1.807) is 18.2 Å². The van der Waals surface area contributed by atoms with Crippen LogP contribution in [0.3, 0.4) is 0 Å². The number of para-hydroxylation sites is 1. The molecule has 3 rings (SSSR count). The van der Waals surface area contributed by atoms with E-state index in [9.17, 15) is 14.3 Å². The molecule has 24 heavy (non-hydrogen) atoms. The van der Waals surface area contributed by atoms with Crippen LogP contribution in [0, 0.1) is 5.82 Å². The number of carbonyl (C=O) groups is 1. The molecule has 1 aromatic rings. The number of amides is 1. The Morgan fingerprint density at radius 2 is 1.88 bits per heavy atom. The first-order valence-electron chi connectivity index (χ1n) is 8.80. The lowest BCUT2D eigenvalue weighted by Gasteiger charge is -2.31. The molecule has 2 heterocycles. The van der Waals surface area contributed by atoms with Gasteiger partial charge in [0.25, 0.3) is 0 Å². The number of likely N-dealkylation sites (tertiary alicyclic amines) is 2. The molecule has 1 amide bonds. The summed E-state index contributed by atoms with van der Waals surface area (Å²) in [4.78, 5) is 16.8. The van der Waals surface area contributed by atoms with Crippen LogP contribution in [0.4, 0.5) is 10.1 Å². The van der Waals surface area contributed by atoms with Crippen molar-refractivity contribution in [3.8, 4) is 0 Å². The summed E-state index contributed by atoms with van der Waals surface area (Å²) < 4.78 is 13.6. The van der Waals surface area contributed by atoms with E-state index in [0.29, 0.717) is 6.04 Å². The van der Waals surface area contributed by atoms with Gasteiger partial charge in [-0.25, -0.2) is 4.39 Å². The number of hydrogen-bond donors (Lipinski definition) is 2. The largest absolute Gasteiger partial charge is 0.395 e. The standard InChI is InChI=1S/C18H26FN3O2/c19-16-7-1-2-8-17(16)20-18(24)12-22-10-3-5-14(22)11-21-9-4-6-15(21)13-23/h1-2,7-8,14-15,23H,3-6,9-13H2,(H,20,24). The Kier molecular flexibility index (Phi) is 5.81. The number of halogens is 1. The highest BCUT2D eigenvalue weighted by molar-refractivity contribution is 5.92. The highest BCUT2D eigenvalue weighted by Gasteiger charge is 2.32. The normalized spacial score (nSPS) is 25.2. The number of nitrogens with one attached hydrogen (secondary N) is 1. The smallest absolute Gasteiger partial charge is 0.238 e. The topological polar surface area (TPSA) is 55.8 Å². The van der Waals surface area contributed by atoms with Gasteiger partial charge < -0.3 is 10.4 Å². The lowest BCUT2D eigenvalue weighted by Crippen LogP contribution is -2.45. The van der Waals surface area contributed by atoms with Gasteiger partial charge in [-0.2, -0.15) is 0 Å². The molecule has 2 aliphatic heterocycles. The predicted molar refractivity (Wildman–Crippen MR) is 91.3 cm³/mol. The Bertz CT molecular complexity index is 569. The molecule has 0 radical (unpaired) electrons. The number of anilines is 1. The van der Waals surface area contributed by atoms with Gasteiger partial charge in [0.2, 0.25) is 5.91 Å². The first-order valence-corrected chi connectivity index (χ1v) is 8.80. The zero-order valence-corrected chi connectivity index (χ0v) is 14.0. The van der Waals surface area contributed by atoms with E-state index in [0.717, 1.165) is 45.3 Å². The Balaban J connectivity index is 1.54. The van der Waals surface area contributed by atoms with Gasteiger partial charge in [-0.3, -0.25) is 14.6 Å². The van der Waals surface area contributed by atoms with Crippen molar-refractivity contribution >= 4 is 11.6 Å². The van der Waals surface area contributed by atoms with Crippen molar-refractivity contribution in [3.05, 3.63) is 30.1 Å². The lowest BCUT2D eigenvalue weighted by atomic mass is 10.2. The van der Waals surface area contributed by atoms with E-state index in [-0.39, 0.29) is 30.8 Å². The van der Waals surface area contributed by atoms with Crippen molar-refractivity contribution in [1.29, 1.82) is 0 Å². The van der Waals surface area contributed by atoms with Gasteiger partial charge >= 0.3 is 0 Å². The molecular formula is C18H26FN3O2. The second-order valence-corrected chi connectivity index (χ2v) is 6.77. The van der Waals surface area contributed by atoms with Gasteiger partial charge in [-0.15, -0.1) is 0 Å². The van der Waals surface area contributed by atoms with E-state index in [1.807, 2.05) is 0 Å². The molecule has 0 bridgehead atoms. The average Bonchev–Trinajstić information content (AvgIpc) is 3.19. The molecule has 2 saturated heterocycles. The van der Waals surface area contributed by atoms with Crippen LogP contribution in [0.2, 0.25) is 0 Å². The molecule has 0 spiro atoms. The summed E-state index contributed by atoms with van der Waals surface area (Å²) in [5.41, 5.74) is 0.234. The average molecular weight is 335 g/mol. The fourth-order valence-corrected chi connectivity index (χ4v) is 3.86. The Morgan fingerprint density at radius 3 is 2.62 bits per heavy atom. The summed E-state index contributed by atoms with van der Waals surface area (Å²) in [6.45, 7) is 3.32. The molecule has 2 aliphatic rings. The Morgan fingerprint density at radius 1 is 1.17 bits per heavy atom. The fraction of sp³-hybridized carbons (Fsp3) is 0.611. The quantitative estimate of drug-likeness (QED) is 0.831. The monoisotopic (exact) mass is 335 g/mol. The van der Waals surface area contributed by atoms with Gasteiger partial charge in [0.15, 0.2) is 0 Å². The van der Waals surface area contributed by atoms with Crippen LogP contribution < -0.4 is 5.32 Å². The highest BCUT2D eigenvalue weighted by Crippen LogP contribution is 2.23. The van der Waals surface area contributed by atoms with Crippen LogP contribution in [0.15, 0.2) is 24.3 Å². The van der Waals surface area contributed by atoms with E-state index < -0.39 is 5.82 Å². The zero-order chi connectivity index (χ0) is 16.9. The van der Waals surface area contributed by atoms with Gasteiger partial charge in [0, 0.05) is 18.6 Å². The maximum Gasteiger partial charge on any atom is 0.238 e. The number of rotatable bonds is 6. The molecule has 5 nitrogen and oxygen atoms in total. The minimum atomic E-state index is -0.410. The molecule has 1 aromatic carbocycles. The third-order valence-electron chi connectivity index (χ3n) is 5.15. The number of aliphatic hydroxyl groups excluding tert-OH is 1. The van der Waals surface area contributed by atoms with Gasteiger partial charge in [0.1, 0.15) is 5.82 Å². The van der Waals surface area contributed by atoms with Crippen molar-refractivity contribution in [1.82, 2.24) is 9.80 Å².